The first kappa shape index (κ1) is 12.7. The molecule has 0 atom stereocenters. The highest BCUT2D eigenvalue weighted by molar-refractivity contribution is 9.10. The van der Waals surface area contributed by atoms with E-state index in [-0.39, 0.29) is 17.4 Å². The first-order chi connectivity index (χ1) is 8.99. The van der Waals surface area contributed by atoms with Crippen molar-refractivity contribution in [1.29, 1.82) is 0 Å². The molecule has 2 aliphatic rings. The summed E-state index contributed by atoms with van der Waals surface area (Å²) in [6.45, 7) is 3.19. The molecule has 0 radical (unpaired) electrons. The summed E-state index contributed by atoms with van der Waals surface area (Å²) in [7, 11) is 0. The topological polar surface area (TPSA) is 49.4 Å². The van der Waals surface area contributed by atoms with Crippen molar-refractivity contribution in [3.63, 3.8) is 0 Å². The molecule has 4 nitrogen and oxygen atoms in total. The van der Waals surface area contributed by atoms with Crippen LogP contribution in [0.2, 0.25) is 0 Å². The maximum absolute atomic E-state index is 12.4. The highest BCUT2D eigenvalue weighted by Crippen LogP contribution is 2.32. The molecule has 5 heteroatoms. The third-order valence-electron chi connectivity index (χ3n) is 3.94. The lowest BCUT2D eigenvalue weighted by Gasteiger charge is -2.47. The van der Waals surface area contributed by atoms with E-state index in [4.69, 9.17) is 0 Å². The van der Waals surface area contributed by atoms with E-state index in [0.717, 1.165) is 22.0 Å². The third kappa shape index (κ3) is 2.16. The molecule has 0 saturated carbocycles. The molecule has 1 spiro atoms. The van der Waals surface area contributed by atoms with Gasteiger partial charge in [0, 0.05) is 29.5 Å². The minimum atomic E-state index is -0.146. The van der Waals surface area contributed by atoms with Gasteiger partial charge in [0.25, 0.3) is 5.91 Å². The summed E-state index contributed by atoms with van der Waals surface area (Å²) in [6.07, 6.45) is 1.42. The zero-order chi connectivity index (χ0) is 13.6. The summed E-state index contributed by atoms with van der Waals surface area (Å²) in [5.74, 6) is 0.149. The summed E-state index contributed by atoms with van der Waals surface area (Å²) in [5.41, 5.74) is 1.56. The zero-order valence-corrected chi connectivity index (χ0v) is 12.3. The van der Waals surface area contributed by atoms with Crippen LogP contribution in [0.5, 0.6) is 0 Å². The van der Waals surface area contributed by atoms with Crippen LogP contribution in [0, 0.1) is 6.92 Å². The number of hydrogen-bond acceptors (Lipinski definition) is 2. The summed E-state index contributed by atoms with van der Waals surface area (Å²) < 4.78 is 0.908. The van der Waals surface area contributed by atoms with Crippen LogP contribution in [0.25, 0.3) is 0 Å². The van der Waals surface area contributed by atoms with Crippen LogP contribution in [0.15, 0.2) is 22.7 Å². The molecule has 3 rings (SSSR count). The van der Waals surface area contributed by atoms with Crippen molar-refractivity contribution < 1.29 is 9.59 Å². The number of likely N-dealkylation sites (tertiary alicyclic amines) is 1. The number of halogens is 1. The van der Waals surface area contributed by atoms with Crippen molar-refractivity contribution in [2.75, 3.05) is 13.1 Å². The number of rotatable bonds is 1. The van der Waals surface area contributed by atoms with Crippen LogP contribution in [0.3, 0.4) is 0 Å². The highest BCUT2D eigenvalue weighted by Gasteiger charge is 2.49. The van der Waals surface area contributed by atoms with Gasteiger partial charge in [-0.25, -0.2) is 0 Å². The van der Waals surface area contributed by atoms with Gasteiger partial charge >= 0.3 is 0 Å². The van der Waals surface area contributed by atoms with Crippen molar-refractivity contribution in [3.05, 3.63) is 33.8 Å². The predicted molar refractivity (Wildman–Crippen MR) is 74.9 cm³/mol. The maximum atomic E-state index is 12.4. The van der Waals surface area contributed by atoms with Gasteiger partial charge in [0.05, 0.1) is 5.54 Å². The number of hydrogen-bond donors (Lipinski definition) is 1. The second kappa shape index (κ2) is 4.34. The van der Waals surface area contributed by atoms with E-state index in [0.29, 0.717) is 19.5 Å². The highest BCUT2D eigenvalue weighted by atomic mass is 79.9. The lowest BCUT2D eigenvalue weighted by molar-refractivity contribution is -0.120. The second-order valence-corrected chi connectivity index (χ2v) is 6.36. The normalized spacial score (nSPS) is 20.3. The predicted octanol–water partition coefficient (Wildman–Crippen LogP) is 1.86. The number of carbonyl (C=O) groups is 2. The van der Waals surface area contributed by atoms with Crippen LogP contribution in [-0.4, -0.2) is 35.3 Å². The van der Waals surface area contributed by atoms with Crippen molar-refractivity contribution in [2.45, 2.75) is 25.3 Å². The summed E-state index contributed by atoms with van der Waals surface area (Å²) in [4.78, 5) is 25.5. The molecule has 100 valence electrons. The molecule has 2 aliphatic heterocycles. The van der Waals surface area contributed by atoms with E-state index in [9.17, 15) is 9.59 Å². The molecule has 0 bridgehead atoms. The van der Waals surface area contributed by atoms with Gasteiger partial charge in [-0.15, -0.1) is 0 Å². The first-order valence-electron chi connectivity index (χ1n) is 6.36. The van der Waals surface area contributed by atoms with E-state index >= 15 is 0 Å². The minimum absolute atomic E-state index is 0.0468. The molecule has 1 aromatic carbocycles. The molecule has 2 fully saturated rings. The Kier molecular flexibility index (Phi) is 2.89. The van der Waals surface area contributed by atoms with Crippen LogP contribution in [-0.2, 0) is 4.79 Å². The third-order valence-corrected chi connectivity index (χ3v) is 4.43. The van der Waals surface area contributed by atoms with Gasteiger partial charge < -0.3 is 10.2 Å². The van der Waals surface area contributed by atoms with E-state index in [1.807, 2.05) is 25.1 Å². The monoisotopic (exact) mass is 322 g/mol. The number of nitrogens with zero attached hydrogens (tertiary/aromatic N) is 1. The van der Waals surface area contributed by atoms with Crippen molar-refractivity contribution in [3.8, 4) is 0 Å². The number of benzene rings is 1. The van der Waals surface area contributed by atoms with Gasteiger partial charge in [-0.1, -0.05) is 22.0 Å². The number of aryl methyl sites for hydroxylation is 1. The summed E-state index contributed by atoms with van der Waals surface area (Å²) in [5, 5.41) is 2.99. The SMILES string of the molecule is Cc1ccc(Br)cc1C(=O)N1CC2(CCC(=O)N2)C1. The van der Waals surface area contributed by atoms with E-state index in [2.05, 4.69) is 21.2 Å². The quantitative estimate of drug-likeness (QED) is 0.858. The van der Waals surface area contributed by atoms with Crippen LogP contribution >= 0.6 is 15.9 Å². The number of nitrogens with one attached hydrogen (secondary N) is 1. The Balaban J connectivity index is 1.73. The van der Waals surface area contributed by atoms with Crippen LogP contribution < -0.4 is 5.32 Å². The average molecular weight is 323 g/mol. The Hall–Kier alpha value is -1.36. The first-order valence-corrected chi connectivity index (χ1v) is 7.15. The van der Waals surface area contributed by atoms with Crippen molar-refractivity contribution in [1.82, 2.24) is 10.2 Å². The Bertz CT molecular complexity index is 565. The lowest BCUT2D eigenvalue weighted by Crippen LogP contribution is -2.68. The number of carbonyl (C=O) groups excluding carboxylic acids is 2. The van der Waals surface area contributed by atoms with Gasteiger partial charge in [-0.05, 0) is 31.0 Å². The van der Waals surface area contributed by atoms with Crippen molar-refractivity contribution >= 4 is 27.7 Å². The molecular formula is C14H15BrN2O2. The molecule has 1 aromatic rings. The molecule has 1 N–H and O–H groups in total. The summed E-state index contributed by atoms with van der Waals surface area (Å²) >= 11 is 3.39. The van der Waals surface area contributed by atoms with Gasteiger partial charge in [0.1, 0.15) is 0 Å². The van der Waals surface area contributed by atoms with E-state index in [1.54, 1.807) is 4.90 Å². The van der Waals surface area contributed by atoms with Crippen LogP contribution in [0.4, 0.5) is 0 Å². The molecule has 19 heavy (non-hydrogen) atoms. The average Bonchev–Trinajstić information content (AvgIpc) is 2.72. The number of amides is 2. The Morgan fingerprint density at radius 3 is 2.79 bits per heavy atom. The Morgan fingerprint density at radius 1 is 1.42 bits per heavy atom. The Labute approximate surface area is 120 Å². The fraction of sp³-hybridized carbons (Fsp3) is 0.429. The standard InChI is InChI=1S/C14H15BrN2O2/c1-9-2-3-10(15)6-11(9)13(19)17-7-14(8-17)5-4-12(18)16-14/h2-3,6H,4-5,7-8H2,1H3,(H,16,18). The molecule has 0 unspecified atom stereocenters. The maximum Gasteiger partial charge on any atom is 0.254 e. The molecule has 2 saturated heterocycles. The minimum Gasteiger partial charge on any atom is -0.347 e. The van der Waals surface area contributed by atoms with Crippen molar-refractivity contribution in [2.24, 2.45) is 0 Å². The van der Waals surface area contributed by atoms with E-state index < -0.39 is 0 Å². The van der Waals surface area contributed by atoms with Gasteiger partial charge in [-0.2, -0.15) is 0 Å². The van der Waals surface area contributed by atoms with Gasteiger partial charge in [0.15, 0.2) is 0 Å². The lowest BCUT2D eigenvalue weighted by atomic mass is 9.87. The molecule has 2 amide bonds. The van der Waals surface area contributed by atoms with Gasteiger partial charge in [-0.3, -0.25) is 9.59 Å². The zero-order valence-electron chi connectivity index (χ0n) is 10.7. The fourth-order valence-electron chi connectivity index (χ4n) is 2.83. The largest absolute Gasteiger partial charge is 0.347 e. The van der Waals surface area contributed by atoms with Crippen LogP contribution in [0.1, 0.15) is 28.8 Å². The molecule has 0 aromatic heterocycles. The summed E-state index contributed by atoms with van der Waals surface area (Å²) in [6, 6.07) is 5.72. The fourth-order valence-corrected chi connectivity index (χ4v) is 3.19. The molecule has 0 aliphatic carbocycles. The van der Waals surface area contributed by atoms with E-state index in [1.165, 1.54) is 0 Å². The Morgan fingerprint density at radius 2 is 2.16 bits per heavy atom. The molecule has 2 heterocycles. The molecular weight excluding hydrogens is 308 g/mol. The van der Waals surface area contributed by atoms with Gasteiger partial charge in [0.2, 0.25) is 5.91 Å². The smallest absolute Gasteiger partial charge is 0.254 e. The second-order valence-electron chi connectivity index (χ2n) is 5.45.